The molecule has 3 nitrogen and oxygen atoms in total. The minimum atomic E-state index is -0.0171. The molecule has 1 aliphatic heterocycles. The summed E-state index contributed by atoms with van der Waals surface area (Å²) in [6.45, 7) is 5.17. The molecule has 0 bridgehead atoms. The second kappa shape index (κ2) is 5.33. The average molecular weight is 259 g/mol. The lowest BCUT2D eigenvalue weighted by atomic mass is 10.2. The van der Waals surface area contributed by atoms with Crippen molar-refractivity contribution in [3.05, 3.63) is 35.9 Å². The van der Waals surface area contributed by atoms with Crippen LogP contribution in [0.1, 0.15) is 25.3 Å². The van der Waals surface area contributed by atoms with Gasteiger partial charge in [0.05, 0.1) is 0 Å². The maximum atomic E-state index is 11.5. The van der Waals surface area contributed by atoms with Crippen molar-refractivity contribution in [1.82, 2.24) is 4.90 Å². The number of piperidine rings is 1. The van der Waals surface area contributed by atoms with E-state index in [-0.39, 0.29) is 12.1 Å². The smallest absolute Gasteiger partial charge is 0.306 e. The summed E-state index contributed by atoms with van der Waals surface area (Å²) in [6.07, 6.45) is 1.65. The van der Waals surface area contributed by atoms with Crippen molar-refractivity contribution in [2.75, 3.05) is 13.1 Å². The molecule has 0 amide bonds. The van der Waals surface area contributed by atoms with E-state index in [0.717, 1.165) is 26.1 Å². The number of carbonyl (C=O) groups is 1. The molecule has 2 unspecified atom stereocenters. The molecule has 1 saturated carbocycles. The Hall–Kier alpha value is -1.35. The Labute approximate surface area is 114 Å². The minimum Gasteiger partial charge on any atom is -0.462 e. The third-order valence-corrected chi connectivity index (χ3v) is 4.16. The SMILES string of the molecule is CCCC(=O)OC1C2CN(Cc3ccccc3)CC21. The summed E-state index contributed by atoms with van der Waals surface area (Å²) in [7, 11) is 0. The molecular formula is C16H21NO2. The second-order valence-electron chi connectivity index (χ2n) is 5.71. The van der Waals surface area contributed by atoms with Crippen LogP contribution in [-0.2, 0) is 16.1 Å². The quantitative estimate of drug-likeness (QED) is 0.761. The number of nitrogens with zero attached hydrogens (tertiary/aromatic N) is 1. The Morgan fingerprint density at radius 3 is 2.58 bits per heavy atom. The summed E-state index contributed by atoms with van der Waals surface area (Å²) in [5, 5.41) is 0. The van der Waals surface area contributed by atoms with Crippen LogP contribution in [0.5, 0.6) is 0 Å². The first-order chi connectivity index (χ1) is 9.28. The van der Waals surface area contributed by atoms with Crippen molar-refractivity contribution in [2.24, 2.45) is 11.8 Å². The highest BCUT2D eigenvalue weighted by Gasteiger charge is 2.58. The van der Waals surface area contributed by atoms with E-state index in [1.54, 1.807) is 0 Å². The summed E-state index contributed by atoms with van der Waals surface area (Å²) in [5.41, 5.74) is 1.36. The van der Waals surface area contributed by atoms with Crippen LogP contribution < -0.4 is 0 Å². The van der Waals surface area contributed by atoms with Crippen LogP contribution in [0.15, 0.2) is 30.3 Å². The molecule has 2 fully saturated rings. The topological polar surface area (TPSA) is 29.5 Å². The number of hydrogen-bond acceptors (Lipinski definition) is 3. The predicted molar refractivity (Wildman–Crippen MR) is 73.5 cm³/mol. The van der Waals surface area contributed by atoms with Crippen LogP contribution >= 0.6 is 0 Å². The lowest BCUT2D eigenvalue weighted by Gasteiger charge is -2.19. The van der Waals surface area contributed by atoms with E-state index in [2.05, 4.69) is 29.2 Å². The number of carbonyl (C=O) groups excluding carboxylic acids is 1. The highest BCUT2D eigenvalue weighted by molar-refractivity contribution is 5.69. The van der Waals surface area contributed by atoms with Gasteiger partial charge in [0, 0.05) is 37.9 Å². The van der Waals surface area contributed by atoms with Gasteiger partial charge < -0.3 is 4.74 Å². The number of fused-ring (bicyclic) bond motifs is 1. The Kier molecular flexibility index (Phi) is 3.56. The van der Waals surface area contributed by atoms with Crippen molar-refractivity contribution >= 4 is 5.97 Å². The van der Waals surface area contributed by atoms with E-state index in [1.807, 2.05) is 13.0 Å². The number of esters is 1. The predicted octanol–water partition coefficient (Wildman–Crippen LogP) is 2.46. The van der Waals surface area contributed by atoms with Gasteiger partial charge in [-0.2, -0.15) is 0 Å². The molecule has 1 saturated heterocycles. The first-order valence-corrected chi connectivity index (χ1v) is 7.23. The number of benzene rings is 1. The summed E-state index contributed by atoms with van der Waals surface area (Å²) >= 11 is 0. The van der Waals surface area contributed by atoms with Gasteiger partial charge >= 0.3 is 5.97 Å². The molecule has 1 heterocycles. The van der Waals surface area contributed by atoms with E-state index in [0.29, 0.717) is 18.3 Å². The molecule has 0 radical (unpaired) electrons. The number of hydrogen-bond donors (Lipinski definition) is 0. The normalized spacial score (nSPS) is 29.0. The monoisotopic (exact) mass is 259 g/mol. The van der Waals surface area contributed by atoms with Gasteiger partial charge in [0.2, 0.25) is 0 Å². The molecule has 2 atom stereocenters. The van der Waals surface area contributed by atoms with E-state index in [9.17, 15) is 4.79 Å². The van der Waals surface area contributed by atoms with Crippen LogP contribution in [0, 0.1) is 11.8 Å². The van der Waals surface area contributed by atoms with Crippen LogP contribution in [-0.4, -0.2) is 30.1 Å². The Balaban J connectivity index is 1.44. The minimum absolute atomic E-state index is 0.0171. The van der Waals surface area contributed by atoms with Gasteiger partial charge in [-0.1, -0.05) is 37.3 Å². The zero-order valence-electron chi connectivity index (χ0n) is 11.4. The fourth-order valence-electron chi connectivity index (χ4n) is 3.12. The van der Waals surface area contributed by atoms with Gasteiger partial charge in [-0.15, -0.1) is 0 Å². The van der Waals surface area contributed by atoms with Gasteiger partial charge in [-0.25, -0.2) is 0 Å². The molecule has 102 valence electrons. The third-order valence-electron chi connectivity index (χ3n) is 4.16. The average Bonchev–Trinajstić information content (AvgIpc) is 2.86. The number of rotatable bonds is 5. The van der Waals surface area contributed by atoms with Gasteiger partial charge in [-0.05, 0) is 12.0 Å². The molecule has 0 spiro atoms. The second-order valence-corrected chi connectivity index (χ2v) is 5.71. The highest BCUT2D eigenvalue weighted by atomic mass is 16.6. The van der Waals surface area contributed by atoms with E-state index in [1.165, 1.54) is 5.56 Å². The molecule has 19 heavy (non-hydrogen) atoms. The molecule has 0 aromatic heterocycles. The molecule has 3 heteroatoms. The van der Waals surface area contributed by atoms with Crippen molar-refractivity contribution in [3.8, 4) is 0 Å². The van der Waals surface area contributed by atoms with Crippen molar-refractivity contribution < 1.29 is 9.53 Å². The fourth-order valence-corrected chi connectivity index (χ4v) is 3.12. The number of ether oxygens (including phenoxy) is 1. The van der Waals surface area contributed by atoms with Crippen LogP contribution in [0.3, 0.4) is 0 Å². The first-order valence-electron chi connectivity index (χ1n) is 7.23. The molecule has 2 aliphatic rings. The fraction of sp³-hybridized carbons (Fsp3) is 0.562. The van der Waals surface area contributed by atoms with Crippen LogP contribution in [0.4, 0.5) is 0 Å². The lowest BCUT2D eigenvalue weighted by molar-refractivity contribution is -0.146. The van der Waals surface area contributed by atoms with Crippen molar-refractivity contribution in [2.45, 2.75) is 32.4 Å². The van der Waals surface area contributed by atoms with Gasteiger partial charge in [0.25, 0.3) is 0 Å². The molecule has 1 aromatic rings. The zero-order valence-corrected chi connectivity index (χ0v) is 11.4. The molecule has 1 aromatic carbocycles. The molecule has 3 rings (SSSR count). The Morgan fingerprint density at radius 1 is 1.26 bits per heavy atom. The van der Waals surface area contributed by atoms with Crippen LogP contribution in [0.25, 0.3) is 0 Å². The maximum absolute atomic E-state index is 11.5. The molecular weight excluding hydrogens is 238 g/mol. The standard InChI is InChI=1S/C16H21NO2/c1-2-6-15(18)19-16-13-10-17(11-14(13)16)9-12-7-4-3-5-8-12/h3-5,7-8,13-14,16H,2,6,9-11H2,1H3. The summed E-state index contributed by atoms with van der Waals surface area (Å²) in [4.78, 5) is 13.9. The first kappa shape index (κ1) is 12.7. The van der Waals surface area contributed by atoms with Gasteiger partial charge in [0.15, 0.2) is 0 Å². The lowest BCUT2D eigenvalue weighted by Crippen LogP contribution is -2.26. The largest absolute Gasteiger partial charge is 0.462 e. The highest BCUT2D eigenvalue weighted by Crippen LogP contribution is 2.48. The summed E-state index contributed by atoms with van der Waals surface area (Å²) in [5.74, 6) is 1.16. The Bertz CT molecular complexity index is 433. The van der Waals surface area contributed by atoms with Crippen molar-refractivity contribution in [3.63, 3.8) is 0 Å². The summed E-state index contributed by atoms with van der Waals surface area (Å²) < 4.78 is 5.50. The zero-order chi connectivity index (χ0) is 13.2. The molecule has 0 N–H and O–H groups in total. The van der Waals surface area contributed by atoms with E-state index < -0.39 is 0 Å². The van der Waals surface area contributed by atoms with Gasteiger partial charge in [-0.3, -0.25) is 9.69 Å². The van der Waals surface area contributed by atoms with Crippen LogP contribution in [0.2, 0.25) is 0 Å². The van der Waals surface area contributed by atoms with E-state index in [4.69, 9.17) is 4.74 Å². The van der Waals surface area contributed by atoms with Gasteiger partial charge in [0.1, 0.15) is 6.10 Å². The third kappa shape index (κ3) is 2.81. The molecule has 1 aliphatic carbocycles. The number of likely N-dealkylation sites (tertiary alicyclic amines) is 1. The van der Waals surface area contributed by atoms with E-state index >= 15 is 0 Å². The van der Waals surface area contributed by atoms with Crippen molar-refractivity contribution in [1.29, 1.82) is 0 Å². The summed E-state index contributed by atoms with van der Waals surface area (Å²) in [6, 6.07) is 10.6. The Morgan fingerprint density at radius 2 is 1.95 bits per heavy atom. The maximum Gasteiger partial charge on any atom is 0.306 e.